The van der Waals surface area contributed by atoms with Gasteiger partial charge in [0.2, 0.25) is 5.95 Å². The van der Waals surface area contributed by atoms with Crippen molar-refractivity contribution in [1.82, 2.24) is 4.98 Å². The Hall–Kier alpha value is -0.960. The van der Waals surface area contributed by atoms with Crippen LogP contribution in [0.5, 0.6) is 0 Å². The van der Waals surface area contributed by atoms with Gasteiger partial charge in [0.25, 0.3) is 0 Å². The lowest BCUT2D eigenvalue weighted by Crippen LogP contribution is -2.01. The molecular formula is C9H13FN2. The Morgan fingerprint density at radius 1 is 1.58 bits per heavy atom. The molecule has 0 aromatic carbocycles. The number of halogens is 1. The van der Waals surface area contributed by atoms with Crippen LogP contribution < -0.4 is 5.73 Å². The van der Waals surface area contributed by atoms with E-state index in [0.29, 0.717) is 12.1 Å². The van der Waals surface area contributed by atoms with Crippen molar-refractivity contribution in [3.63, 3.8) is 0 Å². The average molecular weight is 168 g/mol. The standard InChI is InChI=1S/C9H13FN2/c1-7-5-8(3-2-4-11)6-12-9(7)10/h5-6H,2-4,11H2,1H3. The molecule has 0 saturated heterocycles. The first-order chi connectivity index (χ1) is 5.74. The quantitative estimate of drug-likeness (QED) is 0.693. The minimum absolute atomic E-state index is 0.383. The summed E-state index contributed by atoms with van der Waals surface area (Å²) in [5, 5.41) is 0. The third kappa shape index (κ3) is 2.27. The summed E-state index contributed by atoms with van der Waals surface area (Å²) in [6.07, 6.45) is 3.37. The van der Waals surface area contributed by atoms with E-state index in [1.807, 2.05) is 6.07 Å². The number of aromatic nitrogens is 1. The first-order valence-corrected chi connectivity index (χ1v) is 4.05. The molecule has 0 aliphatic heterocycles. The molecule has 2 nitrogen and oxygen atoms in total. The van der Waals surface area contributed by atoms with Crippen LogP contribution in [0.3, 0.4) is 0 Å². The summed E-state index contributed by atoms with van der Waals surface area (Å²) in [6.45, 7) is 2.38. The lowest BCUT2D eigenvalue weighted by molar-refractivity contribution is 0.572. The van der Waals surface area contributed by atoms with Crippen LogP contribution >= 0.6 is 0 Å². The highest BCUT2D eigenvalue weighted by Crippen LogP contribution is 2.07. The Balaban J connectivity index is 2.69. The highest BCUT2D eigenvalue weighted by Gasteiger charge is 1.99. The van der Waals surface area contributed by atoms with Gasteiger partial charge in [-0.25, -0.2) is 4.98 Å². The molecule has 0 saturated carbocycles. The third-order valence-electron chi connectivity index (χ3n) is 1.74. The van der Waals surface area contributed by atoms with Gasteiger partial charge in [-0.15, -0.1) is 0 Å². The Labute approximate surface area is 71.6 Å². The van der Waals surface area contributed by atoms with Gasteiger partial charge in [0.05, 0.1) is 0 Å². The van der Waals surface area contributed by atoms with Crippen LogP contribution in [0.15, 0.2) is 12.3 Å². The third-order valence-corrected chi connectivity index (χ3v) is 1.74. The molecule has 1 heterocycles. The molecule has 0 fully saturated rings. The van der Waals surface area contributed by atoms with E-state index < -0.39 is 0 Å². The summed E-state index contributed by atoms with van der Waals surface area (Å²) in [7, 11) is 0. The van der Waals surface area contributed by atoms with Gasteiger partial charge in [0, 0.05) is 11.8 Å². The number of hydrogen-bond acceptors (Lipinski definition) is 2. The largest absolute Gasteiger partial charge is 0.330 e. The maximum atomic E-state index is 12.7. The number of nitrogens with zero attached hydrogens (tertiary/aromatic N) is 1. The summed E-state index contributed by atoms with van der Waals surface area (Å²) < 4.78 is 12.7. The summed E-state index contributed by atoms with van der Waals surface area (Å²) >= 11 is 0. The van der Waals surface area contributed by atoms with Gasteiger partial charge in [0.15, 0.2) is 0 Å². The fourth-order valence-electron chi connectivity index (χ4n) is 1.06. The second kappa shape index (κ2) is 4.16. The van der Waals surface area contributed by atoms with Crippen LogP contribution in [0.25, 0.3) is 0 Å². The molecule has 0 aliphatic rings. The van der Waals surface area contributed by atoms with E-state index in [1.165, 1.54) is 0 Å². The molecule has 2 N–H and O–H groups in total. The number of pyridine rings is 1. The van der Waals surface area contributed by atoms with Crippen LogP contribution in [0.1, 0.15) is 17.5 Å². The maximum Gasteiger partial charge on any atom is 0.215 e. The molecule has 66 valence electrons. The molecule has 0 unspecified atom stereocenters. The van der Waals surface area contributed by atoms with Crippen molar-refractivity contribution in [2.75, 3.05) is 6.54 Å². The molecule has 0 amide bonds. The summed E-state index contributed by atoms with van der Waals surface area (Å²) in [4.78, 5) is 3.62. The zero-order valence-electron chi connectivity index (χ0n) is 7.18. The summed E-state index contributed by atoms with van der Waals surface area (Å²) in [5.41, 5.74) is 7.01. The van der Waals surface area contributed by atoms with Gasteiger partial charge in [-0.3, -0.25) is 0 Å². The fourth-order valence-corrected chi connectivity index (χ4v) is 1.06. The highest BCUT2D eigenvalue weighted by molar-refractivity contribution is 5.17. The van der Waals surface area contributed by atoms with Crippen molar-refractivity contribution in [1.29, 1.82) is 0 Å². The number of nitrogens with two attached hydrogens (primary N) is 1. The Morgan fingerprint density at radius 2 is 2.33 bits per heavy atom. The Morgan fingerprint density at radius 3 is 2.92 bits per heavy atom. The van der Waals surface area contributed by atoms with E-state index in [-0.39, 0.29) is 5.95 Å². The van der Waals surface area contributed by atoms with E-state index >= 15 is 0 Å². The van der Waals surface area contributed by atoms with Gasteiger partial charge in [0.1, 0.15) is 0 Å². The molecular weight excluding hydrogens is 155 g/mol. The monoisotopic (exact) mass is 168 g/mol. The molecule has 0 radical (unpaired) electrons. The van der Waals surface area contributed by atoms with Crippen molar-refractivity contribution in [2.45, 2.75) is 19.8 Å². The molecule has 12 heavy (non-hydrogen) atoms. The van der Waals surface area contributed by atoms with Gasteiger partial charge in [-0.1, -0.05) is 6.07 Å². The lowest BCUT2D eigenvalue weighted by Gasteiger charge is -2.00. The lowest BCUT2D eigenvalue weighted by atomic mass is 10.1. The zero-order chi connectivity index (χ0) is 8.97. The predicted molar refractivity (Wildman–Crippen MR) is 46.3 cm³/mol. The van der Waals surface area contributed by atoms with Crippen LogP contribution in [-0.2, 0) is 6.42 Å². The number of hydrogen-bond donors (Lipinski definition) is 1. The molecule has 0 atom stereocenters. The van der Waals surface area contributed by atoms with Crippen LogP contribution in [0.4, 0.5) is 4.39 Å². The number of rotatable bonds is 3. The first kappa shape index (κ1) is 9.13. The molecule has 0 spiro atoms. The second-order valence-corrected chi connectivity index (χ2v) is 2.84. The van der Waals surface area contributed by atoms with E-state index in [2.05, 4.69) is 4.98 Å². The second-order valence-electron chi connectivity index (χ2n) is 2.84. The first-order valence-electron chi connectivity index (χ1n) is 4.05. The zero-order valence-corrected chi connectivity index (χ0v) is 7.18. The summed E-state index contributed by atoms with van der Waals surface area (Å²) in [5.74, 6) is -0.383. The smallest absolute Gasteiger partial charge is 0.215 e. The van der Waals surface area contributed by atoms with E-state index in [1.54, 1.807) is 13.1 Å². The Kier molecular flexibility index (Phi) is 3.17. The van der Waals surface area contributed by atoms with Crippen molar-refractivity contribution in [3.05, 3.63) is 29.3 Å². The molecule has 0 aliphatic carbocycles. The predicted octanol–water partition coefficient (Wildman–Crippen LogP) is 1.42. The Bertz CT molecular complexity index is 261. The minimum Gasteiger partial charge on any atom is -0.330 e. The molecule has 1 aromatic heterocycles. The van der Waals surface area contributed by atoms with E-state index in [9.17, 15) is 4.39 Å². The van der Waals surface area contributed by atoms with Crippen LogP contribution in [-0.4, -0.2) is 11.5 Å². The van der Waals surface area contributed by atoms with Crippen molar-refractivity contribution < 1.29 is 4.39 Å². The van der Waals surface area contributed by atoms with Gasteiger partial charge >= 0.3 is 0 Å². The molecule has 3 heteroatoms. The number of aryl methyl sites for hydroxylation is 2. The van der Waals surface area contributed by atoms with Crippen molar-refractivity contribution in [3.8, 4) is 0 Å². The normalized spacial score (nSPS) is 10.2. The van der Waals surface area contributed by atoms with Gasteiger partial charge in [-0.05, 0) is 31.9 Å². The SMILES string of the molecule is Cc1cc(CCCN)cnc1F. The average Bonchev–Trinajstić information content (AvgIpc) is 2.07. The van der Waals surface area contributed by atoms with Gasteiger partial charge < -0.3 is 5.73 Å². The molecule has 1 rings (SSSR count). The van der Waals surface area contributed by atoms with Crippen molar-refractivity contribution in [2.24, 2.45) is 5.73 Å². The van der Waals surface area contributed by atoms with E-state index in [0.717, 1.165) is 18.4 Å². The maximum absolute atomic E-state index is 12.7. The highest BCUT2D eigenvalue weighted by atomic mass is 19.1. The van der Waals surface area contributed by atoms with E-state index in [4.69, 9.17) is 5.73 Å². The fraction of sp³-hybridized carbons (Fsp3) is 0.444. The van der Waals surface area contributed by atoms with Crippen LogP contribution in [0.2, 0.25) is 0 Å². The van der Waals surface area contributed by atoms with Crippen LogP contribution in [0, 0.1) is 12.9 Å². The minimum atomic E-state index is -0.383. The molecule has 1 aromatic rings. The topological polar surface area (TPSA) is 38.9 Å². The van der Waals surface area contributed by atoms with Gasteiger partial charge in [-0.2, -0.15) is 4.39 Å². The summed E-state index contributed by atoms with van der Waals surface area (Å²) in [6, 6.07) is 1.82. The van der Waals surface area contributed by atoms with Crippen molar-refractivity contribution >= 4 is 0 Å². The molecule has 0 bridgehead atoms.